The van der Waals surface area contributed by atoms with Crippen LogP contribution < -0.4 is 5.73 Å². The summed E-state index contributed by atoms with van der Waals surface area (Å²) in [6.07, 6.45) is 2.48. The van der Waals surface area contributed by atoms with E-state index in [-0.39, 0.29) is 11.8 Å². The highest BCUT2D eigenvalue weighted by atomic mass is 19.1. The van der Waals surface area contributed by atoms with Crippen LogP contribution >= 0.6 is 0 Å². The van der Waals surface area contributed by atoms with Crippen LogP contribution in [-0.2, 0) is 6.42 Å². The summed E-state index contributed by atoms with van der Waals surface area (Å²) < 4.78 is 13.4. The van der Waals surface area contributed by atoms with Gasteiger partial charge in [0.15, 0.2) is 11.6 Å². The highest BCUT2D eigenvalue weighted by Gasteiger charge is 2.21. The van der Waals surface area contributed by atoms with Gasteiger partial charge in [-0.2, -0.15) is 0 Å². The fraction of sp³-hybridized carbons (Fsp3) is 0.400. The number of phenolic OH excluding ortho intramolecular Hbond substituents is 1. The van der Waals surface area contributed by atoms with Gasteiger partial charge in [0.25, 0.3) is 0 Å². The Morgan fingerprint density at radius 2 is 2.23 bits per heavy atom. The Balaban J connectivity index is 2.56. The monoisotopic (exact) mass is 181 g/mol. The van der Waals surface area contributed by atoms with Crippen molar-refractivity contribution >= 4 is 0 Å². The predicted octanol–water partition coefficient (Wildman–Crippen LogP) is 1.87. The van der Waals surface area contributed by atoms with Crippen LogP contribution in [0.1, 0.15) is 30.0 Å². The smallest absolute Gasteiger partial charge is 0.168 e. The molecule has 1 aliphatic rings. The average Bonchev–Trinajstić information content (AvgIpc) is 2.12. The maximum absolute atomic E-state index is 13.4. The van der Waals surface area contributed by atoms with Gasteiger partial charge in [-0.3, -0.25) is 0 Å². The SMILES string of the molecule is NC1CCCc2c1ccc(O)c2F. The van der Waals surface area contributed by atoms with Crippen LogP contribution in [0.4, 0.5) is 4.39 Å². The van der Waals surface area contributed by atoms with Crippen LogP contribution in [0.25, 0.3) is 0 Å². The maximum atomic E-state index is 13.4. The van der Waals surface area contributed by atoms with Crippen molar-refractivity contribution in [3.05, 3.63) is 29.1 Å². The zero-order chi connectivity index (χ0) is 9.42. The topological polar surface area (TPSA) is 46.2 Å². The van der Waals surface area contributed by atoms with Gasteiger partial charge in [-0.05, 0) is 36.5 Å². The first-order valence-corrected chi connectivity index (χ1v) is 4.46. The van der Waals surface area contributed by atoms with Crippen LogP contribution in [0.2, 0.25) is 0 Å². The minimum atomic E-state index is -0.493. The summed E-state index contributed by atoms with van der Waals surface area (Å²) in [6, 6.07) is 3.02. The summed E-state index contributed by atoms with van der Waals surface area (Å²) in [5.74, 6) is -0.763. The van der Waals surface area contributed by atoms with Crippen LogP contribution in [0.15, 0.2) is 12.1 Å². The lowest BCUT2D eigenvalue weighted by Gasteiger charge is -2.22. The first-order chi connectivity index (χ1) is 6.20. The molecule has 3 N–H and O–H groups in total. The Bertz CT molecular complexity index is 338. The van der Waals surface area contributed by atoms with Gasteiger partial charge in [0, 0.05) is 6.04 Å². The van der Waals surface area contributed by atoms with Gasteiger partial charge in [0.05, 0.1) is 0 Å². The van der Waals surface area contributed by atoms with Crippen molar-refractivity contribution < 1.29 is 9.50 Å². The minimum absolute atomic E-state index is 0.0705. The number of rotatable bonds is 0. The lowest BCUT2D eigenvalue weighted by atomic mass is 9.88. The van der Waals surface area contributed by atoms with E-state index in [1.165, 1.54) is 6.07 Å². The minimum Gasteiger partial charge on any atom is -0.505 e. The van der Waals surface area contributed by atoms with E-state index in [0.29, 0.717) is 12.0 Å². The van der Waals surface area contributed by atoms with Crippen LogP contribution in [0.5, 0.6) is 5.75 Å². The second kappa shape index (κ2) is 3.00. The number of hydrogen-bond donors (Lipinski definition) is 2. The van der Waals surface area contributed by atoms with Gasteiger partial charge in [-0.25, -0.2) is 4.39 Å². The molecule has 0 aromatic heterocycles. The number of phenols is 1. The molecule has 0 aliphatic heterocycles. The van der Waals surface area contributed by atoms with Crippen molar-refractivity contribution in [2.75, 3.05) is 0 Å². The van der Waals surface area contributed by atoms with E-state index in [2.05, 4.69) is 0 Å². The number of nitrogens with two attached hydrogens (primary N) is 1. The molecule has 1 atom stereocenters. The lowest BCUT2D eigenvalue weighted by Crippen LogP contribution is -2.18. The molecule has 13 heavy (non-hydrogen) atoms. The third kappa shape index (κ3) is 1.29. The average molecular weight is 181 g/mol. The summed E-state index contributed by atoms with van der Waals surface area (Å²) in [6.45, 7) is 0. The molecule has 2 rings (SSSR count). The summed E-state index contributed by atoms with van der Waals surface area (Å²) >= 11 is 0. The van der Waals surface area contributed by atoms with Gasteiger partial charge in [-0.15, -0.1) is 0 Å². The first-order valence-electron chi connectivity index (χ1n) is 4.46. The zero-order valence-electron chi connectivity index (χ0n) is 7.26. The molecule has 0 spiro atoms. The van der Waals surface area contributed by atoms with E-state index < -0.39 is 5.82 Å². The summed E-state index contributed by atoms with van der Waals surface area (Å²) in [5, 5.41) is 9.15. The fourth-order valence-corrected chi connectivity index (χ4v) is 1.88. The second-order valence-electron chi connectivity index (χ2n) is 3.47. The molecular formula is C10H12FNO. The normalized spacial score (nSPS) is 21.2. The molecule has 0 fully saturated rings. The van der Waals surface area contributed by atoms with Crippen molar-refractivity contribution in [1.82, 2.24) is 0 Å². The highest BCUT2D eigenvalue weighted by Crippen LogP contribution is 2.32. The Labute approximate surface area is 76.2 Å². The second-order valence-corrected chi connectivity index (χ2v) is 3.47. The molecule has 1 aromatic carbocycles. The molecule has 0 radical (unpaired) electrons. The molecule has 0 amide bonds. The standard InChI is InChI=1S/C10H12FNO/c11-10-7-2-1-3-8(12)6(7)4-5-9(10)13/h4-5,8,13H,1-3,12H2. The molecule has 1 unspecified atom stereocenters. The van der Waals surface area contributed by atoms with Gasteiger partial charge in [0.1, 0.15) is 0 Å². The first kappa shape index (κ1) is 8.51. The predicted molar refractivity (Wildman–Crippen MR) is 47.9 cm³/mol. The largest absolute Gasteiger partial charge is 0.505 e. The van der Waals surface area contributed by atoms with Gasteiger partial charge < -0.3 is 10.8 Å². The van der Waals surface area contributed by atoms with Crippen molar-refractivity contribution in [3.8, 4) is 5.75 Å². The number of halogens is 1. The van der Waals surface area contributed by atoms with Crippen LogP contribution in [0, 0.1) is 5.82 Å². The van der Waals surface area contributed by atoms with E-state index in [0.717, 1.165) is 18.4 Å². The molecule has 2 nitrogen and oxygen atoms in total. The van der Waals surface area contributed by atoms with Crippen molar-refractivity contribution in [2.45, 2.75) is 25.3 Å². The third-order valence-electron chi connectivity index (χ3n) is 2.60. The van der Waals surface area contributed by atoms with Crippen molar-refractivity contribution in [3.63, 3.8) is 0 Å². The molecule has 0 bridgehead atoms. The Morgan fingerprint density at radius 1 is 1.46 bits per heavy atom. The van der Waals surface area contributed by atoms with E-state index in [4.69, 9.17) is 10.8 Å². The van der Waals surface area contributed by atoms with Gasteiger partial charge in [0.2, 0.25) is 0 Å². The molecule has 0 heterocycles. The Kier molecular flexibility index (Phi) is 1.96. The maximum Gasteiger partial charge on any atom is 0.168 e. The third-order valence-corrected chi connectivity index (χ3v) is 2.60. The van der Waals surface area contributed by atoms with Crippen molar-refractivity contribution in [1.29, 1.82) is 0 Å². The quantitative estimate of drug-likeness (QED) is 0.641. The summed E-state index contributed by atoms with van der Waals surface area (Å²) in [4.78, 5) is 0. The van der Waals surface area contributed by atoms with E-state index >= 15 is 0 Å². The van der Waals surface area contributed by atoms with Crippen molar-refractivity contribution in [2.24, 2.45) is 5.73 Å². The molecular weight excluding hydrogens is 169 g/mol. The molecule has 1 aliphatic carbocycles. The van der Waals surface area contributed by atoms with E-state index in [9.17, 15) is 4.39 Å². The van der Waals surface area contributed by atoms with E-state index in [1.54, 1.807) is 6.07 Å². The number of aromatic hydroxyl groups is 1. The van der Waals surface area contributed by atoms with E-state index in [1.807, 2.05) is 0 Å². The Morgan fingerprint density at radius 3 is 3.00 bits per heavy atom. The van der Waals surface area contributed by atoms with Crippen LogP contribution in [0.3, 0.4) is 0 Å². The van der Waals surface area contributed by atoms with Gasteiger partial charge in [-0.1, -0.05) is 6.07 Å². The van der Waals surface area contributed by atoms with Crippen LogP contribution in [-0.4, -0.2) is 5.11 Å². The molecule has 0 saturated heterocycles. The zero-order valence-corrected chi connectivity index (χ0v) is 7.26. The molecule has 1 aromatic rings. The number of fused-ring (bicyclic) bond motifs is 1. The summed E-state index contributed by atoms with van der Waals surface area (Å²) in [7, 11) is 0. The summed E-state index contributed by atoms with van der Waals surface area (Å²) in [5.41, 5.74) is 7.26. The lowest BCUT2D eigenvalue weighted by molar-refractivity contribution is 0.421. The molecule has 0 saturated carbocycles. The Hall–Kier alpha value is -1.09. The molecule has 70 valence electrons. The number of benzene rings is 1. The highest BCUT2D eigenvalue weighted by molar-refractivity contribution is 5.39. The van der Waals surface area contributed by atoms with Gasteiger partial charge >= 0.3 is 0 Å². The molecule has 3 heteroatoms. The number of hydrogen-bond acceptors (Lipinski definition) is 2. The fourth-order valence-electron chi connectivity index (χ4n) is 1.88.